The van der Waals surface area contributed by atoms with Crippen LogP contribution in [0.5, 0.6) is 0 Å². The maximum Gasteiger partial charge on any atom is 0.0991 e. The summed E-state index contributed by atoms with van der Waals surface area (Å²) in [6, 6.07) is 9.89. The van der Waals surface area contributed by atoms with Gasteiger partial charge in [0.05, 0.1) is 17.8 Å². The molecular weight excluding hydrogens is 248 g/mol. The molecule has 0 aliphatic heterocycles. The van der Waals surface area contributed by atoms with Crippen LogP contribution < -0.4 is 0 Å². The third kappa shape index (κ3) is 3.08. The van der Waals surface area contributed by atoms with E-state index in [4.69, 9.17) is 10.5 Å². The normalized spacial score (nSPS) is 19.0. The van der Waals surface area contributed by atoms with Crippen molar-refractivity contribution >= 4 is 11.8 Å². The Balaban J connectivity index is 2.46. The molecule has 1 aromatic carbocycles. The molecule has 0 amide bonds. The SMILES string of the molecule is CC(C)CC1=C(c2cccc(C#N)c2)C(C=NO)CC1. The second-order valence-electron chi connectivity index (χ2n) is 5.72. The number of hydrogen-bond acceptors (Lipinski definition) is 3. The minimum absolute atomic E-state index is 0.155. The van der Waals surface area contributed by atoms with E-state index in [1.165, 1.54) is 11.1 Å². The first-order valence-electron chi connectivity index (χ1n) is 7.05. The highest BCUT2D eigenvalue weighted by molar-refractivity contribution is 5.86. The first kappa shape index (κ1) is 14.3. The molecule has 2 rings (SSSR count). The minimum Gasteiger partial charge on any atom is -0.411 e. The molecule has 3 nitrogen and oxygen atoms in total. The van der Waals surface area contributed by atoms with Gasteiger partial charge in [0, 0.05) is 5.92 Å². The Morgan fingerprint density at radius 2 is 2.30 bits per heavy atom. The quantitative estimate of drug-likeness (QED) is 0.504. The number of benzene rings is 1. The zero-order chi connectivity index (χ0) is 14.5. The van der Waals surface area contributed by atoms with E-state index >= 15 is 0 Å². The Labute approximate surface area is 120 Å². The van der Waals surface area contributed by atoms with Gasteiger partial charge in [-0.2, -0.15) is 5.26 Å². The summed E-state index contributed by atoms with van der Waals surface area (Å²) in [7, 11) is 0. The van der Waals surface area contributed by atoms with Gasteiger partial charge in [0.2, 0.25) is 0 Å². The van der Waals surface area contributed by atoms with Gasteiger partial charge in [-0.05, 0) is 48.4 Å². The molecule has 1 aliphatic rings. The second-order valence-corrected chi connectivity index (χ2v) is 5.72. The summed E-state index contributed by atoms with van der Waals surface area (Å²) in [4.78, 5) is 0. The number of nitriles is 1. The van der Waals surface area contributed by atoms with Crippen LogP contribution in [0.2, 0.25) is 0 Å². The van der Waals surface area contributed by atoms with E-state index in [1.807, 2.05) is 24.3 Å². The zero-order valence-electron chi connectivity index (χ0n) is 12.0. The van der Waals surface area contributed by atoms with Gasteiger partial charge < -0.3 is 5.21 Å². The number of rotatable bonds is 4. The summed E-state index contributed by atoms with van der Waals surface area (Å²) in [5.41, 5.74) is 4.43. The Kier molecular flexibility index (Phi) is 4.57. The summed E-state index contributed by atoms with van der Waals surface area (Å²) < 4.78 is 0. The van der Waals surface area contributed by atoms with Crippen molar-refractivity contribution in [3.8, 4) is 6.07 Å². The van der Waals surface area contributed by atoms with E-state index in [0.29, 0.717) is 11.5 Å². The summed E-state index contributed by atoms with van der Waals surface area (Å²) in [5.74, 6) is 0.756. The fraction of sp³-hybridized carbons (Fsp3) is 0.412. The molecule has 20 heavy (non-hydrogen) atoms. The number of nitrogens with zero attached hydrogens (tertiary/aromatic N) is 2. The molecule has 0 saturated carbocycles. The van der Waals surface area contributed by atoms with Crippen molar-refractivity contribution in [2.45, 2.75) is 33.1 Å². The maximum atomic E-state index is 9.05. The first-order chi connectivity index (χ1) is 9.65. The third-order valence-electron chi connectivity index (χ3n) is 3.71. The lowest BCUT2D eigenvalue weighted by atomic mass is 9.91. The van der Waals surface area contributed by atoms with E-state index in [1.54, 1.807) is 6.21 Å². The van der Waals surface area contributed by atoms with Crippen LogP contribution in [0.4, 0.5) is 0 Å². The van der Waals surface area contributed by atoms with Crippen LogP contribution in [0.3, 0.4) is 0 Å². The van der Waals surface area contributed by atoms with Crippen LogP contribution in [0.1, 0.15) is 44.2 Å². The molecule has 0 bridgehead atoms. The first-order valence-corrected chi connectivity index (χ1v) is 7.05. The molecule has 0 fully saturated rings. The van der Waals surface area contributed by atoms with Gasteiger partial charge in [0.1, 0.15) is 0 Å². The molecule has 0 spiro atoms. The van der Waals surface area contributed by atoms with Crippen LogP contribution >= 0.6 is 0 Å². The van der Waals surface area contributed by atoms with E-state index in [2.05, 4.69) is 25.1 Å². The zero-order valence-corrected chi connectivity index (χ0v) is 12.0. The Hall–Kier alpha value is -2.08. The maximum absolute atomic E-state index is 9.05. The molecule has 3 heteroatoms. The minimum atomic E-state index is 0.155. The molecule has 104 valence electrons. The molecule has 1 atom stereocenters. The van der Waals surface area contributed by atoms with Gasteiger partial charge in [0.15, 0.2) is 0 Å². The van der Waals surface area contributed by atoms with Crippen molar-refractivity contribution < 1.29 is 5.21 Å². The third-order valence-corrected chi connectivity index (χ3v) is 3.71. The van der Waals surface area contributed by atoms with E-state index < -0.39 is 0 Å². The highest BCUT2D eigenvalue weighted by Gasteiger charge is 2.26. The summed E-state index contributed by atoms with van der Waals surface area (Å²) in [5, 5.41) is 21.1. The van der Waals surface area contributed by atoms with Gasteiger partial charge in [-0.1, -0.05) is 31.6 Å². The predicted octanol–water partition coefficient (Wildman–Crippen LogP) is 4.23. The Morgan fingerprint density at radius 3 is 2.95 bits per heavy atom. The Bertz CT molecular complexity index is 579. The predicted molar refractivity (Wildman–Crippen MR) is 80.5 cm³/mol. The highest BCUT2D eigenvalue weighted by Crippen LogP contribution is 2.40. The highest BCUT2D eigenvalue weighted by atomic mass is 16.4. The smallest absolute Gasteiger partial charge is 0.0991 e. The number of allylic oxidation sites excluding steroid dienone is 2. The monoisotopic (exact) mass is 268 g/mol. The second kappa shape index (κ2) is 6.38. The van der Waals surface area contributed by atoms with Crippen molar-refractivity contribution in [1.29, 1.82) is 5.26 Å². The fourth-order valence-electron chi connectivity index (χ4n) is 2.98. The molecule has 0 saturated heterocycles. The van der Waals surface area contributed by atoms with E-state index in [9.17, 15) is 0 Å². The average Bonchev–Trinajstić information content (AvgIpc) is 2.81. The lowest BCUT2D eigenvalue weighted by Crippen LogP contribution is -2.02. The lowest BCUT2D eigenvalue weighted by Gasteiger charge is -2.14. The van der Waals surface area contributed by atoms with Gasteiger partial charge in [-0.25, -0.2) is 0 Å². The molecule has 0 heterocycles. The molecule has 1 aromatic rings. The summed E-state index contributed by atoms with van der Waals surface area (Å²) in [6.45, 7) is 4.42. The van der Waals surface area contributed by atoms with Gasteiger partial charge in [0.25, 0.3) is 0 Å². The van der Waals surface area contributed by atoms with Crippen molar-refractivity contribution in [2.24, 2.45) is 17.0 Å². The van der Waals surface area contributed by atoms with Crippen LogP contribution in [0.15, 0.2) is 35.0 Å². The van der Waals surface area contributed by atoms with E-state index in [-0.39, 0.29) is 5.92 Å². The van der Waals surface area contributed by atoms with Crippen molar-refractivity contribution in [3.05, 3.63) is 41.0 Å². The van der Waals surface area contributed by atoms with Gasteiger partial charge >= 0.3 is 0 Å². The number of oxime groups is 1. The largest absolute Gasteiger partial charge is 0.411 e. The van der Waals surface area contributed by atoms with Crippen LogP contribution in [0, 0.1) is 23.2 Å². The topological polar surface area (TPSA) is 56.4 Å². The molecule has 0 aromatic heterocycles. The summed E-state index contributed by atoms with van der Waals surface area (Å²) in [6.07, 6.45) is 4.70. The van der Waals surface area contributed by atoms with Crippen molar-refractivity contribution in [2.75, 3.05) is 0 Å². The van der Waals surface area contributed by atoms with Crippen LogP contribution in [0.25, 0.3) is 5.57 Å². The molecular formula is C17H20N2O. The van der Waals surface area contributed by atoms with E-state index in [0.717, 1.165) is 24.8 Å². The van der Waals surface area contributed by atoms with Crippen LogP contribution in [-0.4, -0.2) is 11.4 Å². The standard InChI is InChI=1S/C17H20N2O/c1-12(2)8-15-6-7-16(11-19-20)17(15)14-5-3-4-13(9-14)10-18/h3-5,9,11-12,16,20H,6-8H2,1-2H3. The average molecular weight is 268 g/mol. The molecule has 1 unspecified atom stereocenters. The molecule has 1 aliphatic carbocycles. The summed E-state index contributed by atoms with van der Waals surface area (Å²) >= 11 is 0. The fourth-order valence-corrected chi connectivity index (χ4v) is 2.98. The number of hydrogen-bond donors (Lipinski definition) is 1. The molecule has 0 radical (unpaired) electrons. The van der Waals surface area contributed by atoms with Gasteiger partial charge in [-0.15, -0.1) is 5.16 Å². The van der Waals surface area contributed by atoms with Crippen molar-refractivity contribution in [3.63, 3.8) is 0 Å². The van der Waals surface area contributed by atoms with Gasteiger partial charge in [-0.3, -0.25) is 0 Å². The van der Waals surface area contributed by atoms with Crippen molar-refractivity contribution in [1.82, 2.24) is 0 Å². The lowest BCUT2D eigenvalue weighted by molar-refractivity contribution is 0.319. The van der Waals surface area contributed by atoms with Crippen LogP contribution in [-0.2, 0) is 0 Å². The Morgan fingerprint density at radius 1 is 1.50 bits per heavy atom. The molecule has 1 N–H and O–H groups in total.